The van der Waals surface area contributed by atoms with Crippen molar-refractivity contribution in [3.05, 3.63) is 82.7 Å². The van der Waals surface area contributed by atoms with E-state index in [2.05, 4.69) is 37.9 Å². The molecule has 6 heteroatoms. The normalized spacial score (nSPS) is 15.1. The Hall–Kier alpha value is -3.25. The van der Waals surface area contributed by atoms with Gasteiger partial charge in [-0.1, -0.05) is 18.2 Å². The molecule has 1 aliphatic rings. The van der Waals surface area contributed by atoms with Crippen LogP contribution in [0.25, 0.3) is 0 Å². The molecule has 5 nitrogen and oxygen atoms in total. The number of hydrogen-bond acceptors (Lipinski definition) is 5. The first-order chi connectivity index (χ1) is 18.7. The molecule has 0 radical (unpaired) electrons. The molecule has 1 aliphatic carbocycles. The maximum atomic E-state index is 14.7. The Morgan fingerprint density at radius 2 is 1.69 bits per heavy atom. The maximum absolute atomic E-state index is 14.7. The summed E-state index contributed by atoms with van der Waals surface area (Å²) in [7, 11) is 0. The average Bonchev–Trinajstić information content (AvgIpc) is 2.89. The molecule has 0 saturated carbocycles. The number of halogens is 1. The third-order valence-electron chi connectivity index (χ3n) is 7.78. The lowest BCUT2D eigenvalue weighted by molar-refractivity contribution is 0.140. The van der Waals surface area contributed by atoms with Gasteiger partial charge in [-0.15, -0.1) is 0 Å². The van der Waals surface area contributed by atoms with E-state index in [4.69, 9.17) is 4.74 Å². The van der Waals surface area contributed by atoms with Gasteiger partial charge in [0.25, 0.3) is 0 Å². The lowest BCUT2D eigenvalue weighted by atomic mass is 9.79. The van der Waals surface area contributed by atoms with Crippen LogP contribution in [0, 0.1) is 5.82 Å². The van der Waals surface area contributed by atoms with Gasteiger partial charge in [-0.3, -0.25) is 4.90 Å². The van der Waals surface area contributed by atoms with Crippen molar-refractivity contribution in [2.45, 2.75) is 77.8 Å². The Labute approximate surface area is 232 Å². The van der Waals surface area contributed by atoms with E-state index in [9.17, 15) is 14.6 Å². The van der Waals surface area contributed by atoms with Gasteiger partial charge in [-0.25, -0.2) is 4.39 Å². The minimum Gasteiger partial charge on any atom is -0.508 e. The van der Waals surface area contributed by atoms with Gasteiger partial charge in [0, 0.05) is 36.9 Å². The van der Waals surface area contributed by atoms with E-state index in [-0.39, 0.29) is 11.6 Å². The van der Waals surface area contributed by atoms with E-state index in [1.165, 1.54) is 16.7 Å². The van der Waals surface area contributed by atoms with Crippen molar-refractivity contribution in [2.24, 2.45) is 0 Å². The molecule has 3 N–H and O–H groups in total. The third-order valence-corrected chi connectivity index (χ3v) is 7.78. The van der Waals surface area contributed by atoms with Gasteiger partial charge in [0.2, 0.25) is 0 Å². The first kappa shape index (κ1) is 28.8. The summed E-state index contributed by atoms with van der Waals surface area (Å²) in [5, 5.41) is 23.4. The number of ether oxygens (including phenoxy) is 1. The second-order valence-corrected chi connectivity index (χ2v) is 11.2. The standard InChI is InChI=1S/C33H43FN2O3/c1-22(2)36(23(3)4)16-17-39-33-14-7-24(18-31(33)34)6-5-15-35-32-21-29(38)12-13-30(32)27-9-8-26-20-28(37)11-10-25(26)19-27/h7,10-14,18,20-23,27,35,37-38H,5-6,8-9,15-17,19H2,1-4H3. The Morgan fingerprint density at radius 3 is 2.44 bits per heavy atom. The number of hydrogen-bond donors (Lipinski definition) is 3. The van der Waals surface area contributed by atoms with Gasteiger partial charge >= 0.3 is 0 Å². The number of benzene rings is 3. The third kappa shape index (κ3) is 7.66. The summed E-state index contributed by atoms with van der Waals surface area (Å²) >= 11 is 0. The van der Waals surface area contributed by atoms with Gasteiger partial charge in [0.15, 0.2) is 11.6 Å². The van der Waals surface area contributed by atoms with Crippen molar-refractivity contribution in [3.8, 4) is 17.2 Å². The highest BCUT2D eigenvalue weighted by Gasteiger charge is 2.23. The summed E-state index contributed by atoms with van der Waals surface area (Å²) in [6.07, 6.45) is 4.41. The van der Waals surface area contributed by atoms with Crippen molar-refractivity contribution in [2.75, 3.05) is 25.0 Å². The fourth-order valence-corrected chi connectivity index (χ4v) is 5.77. The predicted molar refractivity (Wildman–Crippen MR) is 157 cm³/mol. The van der Waals surface area contributed by atoms with Gasteiger partial charge < -0.3 is 20.3 Å². The number of nitrogens with one attached hydrogen (secondary N) is 1. The minimum absolute atomic E-state index is 0.241. The molecule has 4 rings (SSSR count). The van der Waals surface area contributed by atoms with E-state index in [0.29, 0.717) is 42.7 Å². The predicted octanol–water partition coefficient (Wildman–Crippen LogP) is 7.05. The van der Waals surface area contributed by atoms with Gasteiger partial charge in [-0.05, 0) is 118 Å². The molecule has 1 unspecified atom stereocenters. The maximum Gasteiger partial charge on any atom is 0.165 e. The second-order valence-electron chi connectivity index (χ2n) is 11.2. The summed E-state index contributed by atoms with van der Waals surface area (Å²) in [5.74, 6) is 0.894. The fourth-order valence-electron chi connectivity index (χ4n) is 5.77. The highest BCUT2D eigenvalue weighted by Crippen LogP contribution is 2.38. The highest BCUT2D eigenvalue weighted by molar-refractivity contribution is 5.57. The smallest absolute Gasteiger partial charge is 0.165 e. The molecular weight excluding hydrogens is 491 g/mol. The van der Waals surface area contributed by atoms with E-state index in [1.54, 1.807) is 30.3 Å². The Balaban J connectivity index is 1.29. The van der Waals surface area contributed by atoms with Crippen LogP contribution in [0.2, 0.25) is 0 Å². The summed E-state index contributed by atoms with van der Waals surface area (Å²) in [5.41, 5.74) is 5.59. The molecule has 0 saturated heterocycles. The Kier molecular flexibility index (Phi) is 9.73. The van der Waals surface area contributed by atoms with Gasteiger partial charge in [-0.2, -0.15) is 0 Å². The van der Waals surface area contributed by atoms with Crippen molar-refractivity contribution < 1.29 is 19.3 Å². The second kappa shape index (κ2) is 13.2. The quantitative estimate of drug-likeness (QED) is 0.217. The zero-order valence-corrected chi connectivity index (χ0v) is 23.7. The molecule has 0 bridgehead atoms. The largest absolute Gasteiger partial charge is 0.508 e. The lowest BCUT2D eigenvalue weighted by Crippen LogP contribution is -2.39. The molecule has 0 fully saturated rings. The monoisotopic (exact) mass is 534 g/mol. The zero-order valence-electron chi connectivity index (χ0n) is 23.7. The van der Waals surface area contributed by atoms with Crippen LogP contribution in [0.15, 0.2) is 54.6 Å². The molecule has 0 amide bonds. The molecule has 0 spiro atoms. The van der Waals surface area contributed by atoms with Crippen LogP contribution in [0.3, 0.4) is 0 Å². The average molecular weight is 535 g/mol. The van der Waals surface area contributed by atoms with Crippen LogP contribution in [-0.4, -0.2) is 46.9 Å². The molecule has 210 valence electrons. The van der Waals surface area contributed by atoms with Gasteiger partial charge in [0.05, 0.1) is 0 Å². The van der Waals surface area contributed by atoms with Crippen LogP contribution in [-0.2, 0) is 19.3 Å². The number of rotatable bonds is 12. The minimum atomic E-state index is -0.317. The molecule has 3 aromatic carbocycles. The lowest BCUT2D eigenvalue weighted by Gasteiger charge is -2.30. The molecule has 0 aromatic heterocycles. The van der Waals surface area contributed by atoms with E-state index in [1.807, 2.05) is 24.3 Å². The number of fused-ring (bicyclic) bond motifs is 1. The SMILES string of the molecule is CC(C)N(CCOc1ccc(CCCNc2cc(O)ccc2C2CCc3cc(O)ccc3C2)cc1F)C(C)C. The number of phenolic OH excluding ortho intramolecular Hbond substituents is 2. The number of anilines is 1. The molecule has 0 heterocycles. The molecule has 0 aliphatic heterocycles. The summed E-state index contributed by atoms with van der Waals surface area (Å²) in [6, 6.07) is 17.3. The Bertz CT molecular complexity index is 1240. The first-order valence-electron chi connectivity index (χ1n) is 14.3. The molecular formula is C33H43FN2O3. The Morgan fingerprint density at radius 1 is 0.949 bits per heavy atom. The first-order valence-corrected chi connectivity index (χ1v) is 14.3. The van der Waals surface area contributed by atoms with Crippen LogP contribution < -0.4 is 10.1 Å². The molecule has 1 atom stereocenters. The van der Waals surface area contributed by atoms with Crippen LogP contribution in [0.1, 0.15) is 68.7 Å². The van der Waals surface area contributed by atoms with Crippen molar-refractivity contribution in [3.63, 3.8) is 0 Å². The van der Waals surface area contributed by atoms with Gasteiger partial charge in [0.1, 0.15) is 18.1 Å². The highest BCUT2D eigenvalue weighted by atomic mass is 19.1. The number of phenols is 2. The number of aryl methyl sites for hydroxylation is 2. The molecule has 39 heavy (non-hydrogen) atoms. The fraction of sp³-hybridized carbons (Fsp3) is 0.455. The number of aromatic hydroxyl groups is 2. The van der Waals surface area contributed by atoms with Crippen LogP contribution in [0.5, 0.6) is 17.2 Å². The zero-order chi connectivity index (χ0) is 27.9. The summed E-state index contributed by atoms with van der Waals surface area (Å²) in [4.78, 5) is 2.33. The van der Waals surface area contributed by atoms with E-state index >= 15 is 0 Å². The number of nitrogens with zero attached hydrogens (tertiary/aromatic N) is 1. The van der Waals surface area contributed by atoms with Crippen molar-refractivity contribution in [1.29, 1.82) is 0 Å². The van der Waals surface area contributed by atoms with Crippen molar-refractivity contribution >= 4 is 5.69 Å². The van der Waals surface area contributed by atoms with Crippen molar-refractivity contribution in [1.82, 2.24) is 4.90 Å². The summed E-state index contributed by atoms with van der Waals surface area (Å²) < 4.78 is 20.5. The van der Waals surface area contributed by atoms with E-state index in [0.717, 1.165) is 49.9 Å². The summed E-state index contributed by atoms with van der Waals surface area (Å²) in [6.45, 7) is 10.6. The molecule has 3 aromatic rings. The topological polar surface area (TPSA) is 65.0 Å². The van der Waals surface area contributed by atoms with Crippen LogP contribution >= 0.6 is 0 Å². The van der Waals surface area contributed by atoms with E-state index < -0.39 is 0 Å². The van der Waals surface area contributed by atoms with Crippen LogP contribution in [0.4, 0.5) is 10.1 Å².